The summed E-state index contributed by atoms with van der Waals surface area (Å²) in [5.74, 6) is 1.17. The fraction of sp³-hybridized carbons (Fsp3) is 0.273. The maximum absolute atomic E-state index is 13.6. The molecular formula is C22H22ClFN2O3S. The number of amidine groups is 1. The first-order valence-corrected chi connectivity index (χ1v) is 10.8. The van der Waals surface area contributed by atoms with Gasteiger partial charge in [-0.1, -0.05) is 36.7 Å². The van der Waals surface area contributed by atoms with Crippen molar-refractivity contribution in [2.24, 2.45) is 4.99 Å². The van der Waals surface area contributed by atoms with E-state index < -0.39 is 5.82 Å². The number of anilines is 1. The smallest absolute Gasteiger partial charge is 0.283 e. The minimum Gasteiger partial charge on any atom is -0.497 e. The molecule has 0 aliphatic carbocycles. The number of thioether (sulfide) groups is 1. The lowest BCUT2D eigenvalue weighted by molar-refractivity contribution is -0.113. The van der Waals surface area contributed by atoms with E-state index in [2.05, 4.69) is 11.9 Å². The number of ether oxygens (including phenoxy) is 2. The molecule has 8 heteroatoms. The first-order chi connectivity index (χ1) is 14.5. The van der Waals surface area contributed by atoms with Crippen LogP contribution < -0.4 is 14.4 Å². The minimum atomic E-state index is -0.539. The lowest BCUT2D eigenvalue weighted by atomic mass is 10.1. The van der Waals surface area contributed by atoms with E-state index in [0.717, 1.165) is 18.6 Å². The number of carbonyl (C=O) groups excluding carboxylic acids is 1. The molecule has 2 aromatic carbocycles. The second-order valence-electron chi connectivity index (χ2n) is 6.47. The molecule has 1 heterocycles. The Balaban J connectivity index is 2.00. The van der Waals surface area contributed by atoms with Gasteiger partial charge in [-0.3, -0.25) is 9.69 Å². The molecule has 30 heavy (non-hydrogen) atoms. The Kier molecular flexibility index (Phi) is 7.39. The number of amides is 1. The summed E-state index contributed by atoms with van der Waals surface area (Å²) in [5, 5.41) is 0.488. The van der Waals surface area contributed by atoms with Gasteiger partial charge in [0.25, 0.3) is 5.91 Å². The Morgan fingerprint density at radius 1 is 1.20 bits per heavy atom. The van der Waals surface area contributed by atoms with Gasteiger partial charge < -0.3 is 9.47 Å². The summed E-state index contributed by atoms with van der Waals surface area (Å²) in [5.41, 5.74) is 1.43. The van der Waals surface area contributed by atoms with Crippen LogP contribution in [0.25, 0.3) is 6.08 Å². The highest BCUT2D eigenvalue weighted by atomic mass is 35.5. The van der Waals surface area contributed by atoms with Gasteiger partial charge >= 0.3 is 0 Å². The van der Waals surface area contributed by atoms with Crippen LogP contribution in [0.4, 0.5) is 10.1 Å². The summed E-state index contributed by atoms with van der Waals surface area (Å²) >= 11 is 7.43. The van der Waals surface area contributed by atoms with Crippen molar-refractivity contribution in [3.05, 3.63) is 58.5 Å². The van der Waals surface area contributed by atoms with Gasteiger partial charge in [-0.25, -0.2) is 9.38 Å². The van der Waals surface area contributed by atoms with Crippen LogP contribution in [0.3, 0.4) is 0 Å². The molecule has 0 aromatic heterocycles. The fourth-order valence-electron chi connectivity index (χ4n) is 2.84. The van der Waals surface area contributed by atoms with Gasteiger partial charge in [0.15, 0.2) is 5.17 Å². The molecule has 0 bridgehead atoms. The standard InChI is InChI=1S/C22H22ClFN2O3S/c1-4-5-10-30-22-25-19(11-14-6-8-16(28-2)13-20(14)29-3)21(27)26(22)15-7-9-18(24)17(23)12-15/h6-9,11-13H,4-5,10H2,1-3H3/b19-11-. The average Bonchev–Trinajstić information content (AvgIpc) is 3.05. The number of halogens is 2. The lowest BCUT2D eigenvalue weighted by Crippen LogP contribution is -2.30. The van der Waals surface area contributed by atoms with Gasteiger partial charge in [0.05, 0.1) is 24.9 Å². The number of hydrogen-bond acceptors (Lipinski definition) is 5. The van der Waals surface area contributed by atoms with Crippen molar-refractivity contribution in [1.29, 1.82) is 0 Å². The van der Waals surface area contributed by atoms with Crippen LogP contribution in [0, 0.1) is 5.82 Å². The number of rotatable bonds is 7. The van der Waals surface area contributed by atoms with E-state index in [1.807, 2.05) is 0 Å². The number of carbonyl (C=O) groups is 1. The van der Waals surface area contributed by atoms with Crippen LogP contribution in [0.1, 0.15) is 25.3 Å². The highest BCUT2D eigenvalue weighted by Gasteiger charge is 2.32. The molecule has 2 aromatic rings. The summed E-state index contributed by atoms with van der Waals surface area (Å²) in [6.07, 6.45) is 3.69. The first kappa shape index (κ1) is 22.2. The second kappa shape index (κ2) is 10.00. The van der Waals surface area contributed by atoms with E-state index >= 15 is 0 Å². The van der Waals surface area contributed by atoms with Crippen molar-refractivity contribution < 1.29 is 18.7 Å². The van der Waals surface area contributed by atoms with Crippen LogP contribution in [-0.2, 0) is 4.79 Å². The van der Waals surface area contributed by atoms with Crippen molar-refractivity contribution in [1.82, 2.24) is 0 Å². The van der Waals surface area contributed by atoms with Crippen molar-refractivity contribution >= 4 is 46.2 Å². The van der Waals surface area contributed by atoms with E-state index in [1.165, 1.54) is 34.9 Å². The third-order valence-electron chi connectivity index (χ3n) is 4.45. The topological polar surface area (TPSA) is 51.1 Å². The molecule has 158 valence electrons. The summed E-state index contributed by atoms with van der Waals surface area (Å²) < 4.78 is 24.3. The lowest BCUT2D eigenvalue weighted by Gasteiger charge is -2.18. The van der Waals surface area contributed by atoms with Crippen molar-refractivity contribution in [3.8, 4) is 11.5 Å². The molecule has 1 amide bonds. The molecule has 1 aliphatic rings. The van der Waals surface area contributed by atoms with Gasteiger partial charge in [0, 0.05) is 17.4 Å². The molecule has 0 atom stereocenters. The zero-order valence-corrected chi connectivity index (χ0v) is 18.5. The fourth-order valence-corrected chi connectivity index (χ4v) is 4.11. The monoisotopic (exact) mass is 448 g/mol. The quantitative estimate of drug-likeness (QED) is 0.398. The number of nitrogens with zero attached hydrogens (tertiary/aromatic N) is 2. The third kappa shape index (κ3) is 4.79. The molecule has 3 rings (SSSR count). The number of unbranched alkanes of at least 4 members (excludes halogenated alkanes) is 1. The van der Waals surface area contributed by atoms with E-state index in [4.69, 9.17) is 21.1 Å². The van der Waals surface area contributed by atoms with Gasteiger partial charge in [-0.15, -0.1) is 0 Å². The number of hydrogen-bond donors (Lipinski definition) is 0. The number of methoxy groups -OCH3 is 2. The Morgan fingerprint density at radius 2 is 2.00 bits per heavy atom. The summed E-state index contributed by atoms with van der Waals surface area (Å²) in [7, 11) is 3.12. The first-order valence-electron chi connectivity index (χ1n) is 9.43. The van der Waals surface area contributed by atoms with E-state index in [1.54, 1.807) is 38.5 Å². The van der Waals surface area contributed by atoms with Crippen LogP contribution in [0.15, 0.2) is 47.1 Å². The predicted molar refractivity (Wildman–Crippen MR) is 121 cm³/mol. The average molecular weight is 449 g/mol. The molecule has 5 nitrogen and oxygen atoms in total. The van der Waals surface area contributed by atoms with Crippen LogP contribution in [0.2, 0.25) is 5.02 Å². The maximum Gasteiger partial charge on any atom is 0.283 e. The zero-order valence-electron chi connectivity index (χ0n) is 16.9. The summed E-state index contributed by atoms with van der Waals surface area (Å²) in [6, 6.07) is 9.52. The largest absolute Gasteiger partial charge is 0.497 e. The van der Waals surface area contributed by atoms with Gasteiger partial charge in [0.1, 0.15) is 23.0 Å². The Bertz CT molecular complexity index is 1010. The second-order valence-corrected chi connectivity index (χ2v) is 7.94. The van der Waals surface area contributed by atoms with Crippen LogP contribution >= 0.6 is 23.4 Å². The van der Waals surface area contributed by atoms with Crippen molar-refractivity contribution in [3.63, 3.8) is 0 Å². The SMILES string of the molecule is CCCCSC1=N/C(=C\c2ccc(OC)cc2OC)C(=O)N1c1ccc(F)c(Cl)c1. The predicted octanol–water partition coefficient (Wildman–Crippen LogP) is 5.77. The summed E-state index contributed by atoms with van der Waals surface area (Å²) in [4.78, 5) is 19.2. The number of aliphatic imine (C=N–C) groups is 1. The van der Waals surface area contributed by atoms with Crippen molar-refractivity contribution in [2.45, 2.75) is 19.8 Å². The van der Waals surface area contributed by atoms with Gasteiger partial charge in [-0.05, 0) is 42.8 Å². The highest BCUT2D eigenvalue weighted by Crippen LogP contribution is 2.33. The minimum absolute atomic E-state index is 0.0486. The Hall–Kier alpha value is -2.51. The third-order valence-corrected chi connectivity index (χ3v) is 5.77. The van der Waals surface area contributed by atoms with E-state index in [9.17, 15) is 9.18 Å². The van der Waals surface area contributed by atoms with Crippen molar-refractivity contribution in [2.75, 3.05) is 24.9 Å². The molecule has 1 aliphatic heterocycles. The van der Waals surface area contributed by atoms with Gasteiger partial charge in [0.2, 0.25) is 0 Å². The highest BCUT2D eigenvalue weighted by molar-refractivity contribution is 8.14. The molecule has 0 N–H and O–H groups in total. The zero-order chi connectivity index (χ0) is 21.7. The summed E-state index contributed by atoms with van der Waals surface area (Å²) in [6.45, 7) is 2.10. The van der Waals surface area contributed by atoms with Gasteiger partial charge in [-0.2, -0.15) is 0 Å². The molecule has 0 saturated carbocycles. The Labute approximate surface area is 184 Å². The molecule has 0 saturated heterocycles. The van der Waals surface area contributed by atoms with E-state index in [-0.39, 0.29) is 16.6 Å². The molecule has 0 unspecified atom stereocenters. The number of benzene rings is 2. The Morgan fingerprint density at radius 3 is 2.67 bits per heavy atom. The molecule has 0 fully saturated rings. The van der Waals surface area contributed by atoms with Crippen LogP contribution in [0.5, 0.6) is 11.5 Å². The maximum atomic E-state index is 13.6. The van der Waals surface area contributed by atoms with E-state index in [0.29, 0.717) is 27.9 Å². The molecule has 0 radical (unpaired) electrons. The van der Waals surface area contributed by atoms with Crippen LogP contribution in [-0.4, -0.2) is 31.0 Å². The molecule has 0 spiro atoms. The molecular weight excluding hydrogens is 427 g/mol. The normalized spacial score (nSPS) is 15.0.